The Morgan fingerprint density at radius 1 is 1.31 bits per heavy atom. The van der Waals surface area contributed by atoms with E-state index in [0.29, 0.717) is 19.5 Å². The highest BCUT2D eigenvalue weighted by Gasteiger charge is 2.83. The summed E-state index contributed by atoms with van der Waals surface area (Å²) in [6, 6.07) is -1.80. The molecule has 2 heterocycles. The molecule has 0 bridgehead atoms. The van der Waals surface area contributed by atoms with Crippen LogP contribution in [0, 0.1) is 22.7 Å². The summed E-state index contributed by atoms with van der Waals surface area (Å²) >= 11 is 0. The third-order valence-electron chi connectivity index (χ3n) is 6.73. The molecule has 2 aliphatic heterocycles. The van der Waals surface area contributed by atoms with Gasteiger partial charge in [0.1, 0.15) is 23.1 Å². The number of rotatable bonds is 6. The molecule has 1 saturated carbocycles. The van der Waals surface area contributed by atoms with Crippen LogP contribution < -0.4 is 21.7 Å². The molecule has 0 aromatic rings. The molecule has 5 N–H and O–H groups in total. The second-order valence-corrected chi connectivity index (χ2v) is 9.96. The molecule has 3 rings (SSSR count). The minimum Gasteiger partial charge on any atom is -0.459 e. The van der Waals surface area contributed by atoms with Crippen LogP contribution in [0.2, 0.25) is 0 Å². The van der Waals surface area contributed by atoms with E-state index in [0.717, 1.165) is 0 Å². The molecule has 0 aromatic carbocycles. The first kappa shape index (κ1) is 21.5. The van der Waals surface area contributed by atoms with Crippen molar-refractivity contribution in [3.8, 4) is 0 Å². The summed E-state index contributed by atoms with van der Waals surface area (Å²) < 4.78 is 5.65. The molecule has 0 unspecified atom stereocenters. The van der Waals surface area contributed by atoms with Gasteiger partial charge in [-0.3, -0.25) is 19.2 Å². The van der Waals surface area contributed by atoms with E-state index in [4.69, 9.17) is 10.5 Å². The number of amides is 3. The van der Waals surface area contributed by atoms with Gasteiger partial charge in [-0.2, -0.15) is 0 Å². The summed E-state index contributed by atoms with van der Waals surface area (Å²) in [6.07, 6.45) is 0.739. The number of hydrogen-bond donors (Lipinski definition) is 4. The fraction of sp³-hybridized carbons (Fsp3) is 0.800. The van der Waals surface area contributed by atoms with E-state index in [2.05, 4.69) is 16.0 Å². The lowest BCUT2D eigenvalue weighted by Crippen LogP contribution is -2.56. The maximum absolute atomic E-state index is 13.1. The van der Waals surface area contributed by atoms with Crippen molar-refractivity contribution in [2.75, 3.05) is 13.1 Å². The van der Waals surface area contributed by atoms with Crippen molar-refractivity contribution in [3.05, 3.63) is 0 Å². The van der Waals surface area contributed by atoms with Crippen molar-refractivity contribution < 1.29 is 23.9 Å². The van der Waals surface area contributed by atoms with E-state index in [1.165, 1.54) is 0 Å². The Morgan fingerprint density at radius 3 is 2.45 bits per heavy atom. The zero-order valence-corrected chi connectivity index (χ0v) is 17.8. The smallest absolute Gasteiger partial charge is 0.315 e. The van der Waals surface area contributed by atoms with Gasteiger partial charge in [-0.1, -0.05) is 13.8 Å². The number of carbonyl (C=O) groups is 4. The second kappa shape index (κ2) is 6.97. The van der Waals surface area contributed by atoms with Crippen LogP contribution in [0.15, 0.2) is 0 Å². The third kappa shape index (κ3) is 3.49. The van der Waals surface area contributed by atoms with Crippen LogP contribution in [-0.4, -0.2) is 54.5 Å². The number of ether oxygens (including phenoxy) is 1. The lowest BCUT2D eigenvalue weighted by molar-refractivity contribution is -0.166. The van der Waals surface area contributed by atoms with Gasteiger partial charge in [0.15, 0.2) is 0 Å². The Kier molecular flexibility index (Phi) is 5.18. The molecule has 9 nitrogen and oxygen atoms in total. The van der Waals surface area contributed by atoms with Gasteiger partial charge < -0.3 is 26.4 Å². The van der Waals surface area contributed by atoms with Gasteiger partial charge in [0.25, 0.3) is 0 Å². The number of primary amides is 1. The average molecular weight is 408 g/mol. The molecule has 3 fully saturated rings. The highest BCUT2D eigenvalue weighted by atomic mass is 16.6. The number of nitrogens with two attached hydrogens (primary N) is 1. The molecule has 0 aromatic heterocycles. The third-order valence-corrected chi connectivity index (χ3v) is 6.73. The number of carbonyl (C=O) groups excluding carboxylic acids is 4. The van der Waals surface area contributed by atoms with Crippen LogP contribution in [0.5, 0.6) is 0 Å². The normalized spacial score (nSPS) is 33.4. The molecule has 1 aliphatic carbocycles. The Morgan fingerprint density at radius 2 is 1.97 bits per heavy atom. The fourth-order valence-electron chi connectivity index (χ4n) is 5.13. The molecular weight excluding hydrogens is 376 g/mol. The average Bonchev–Trinajstić information content (AvgIpc) is 2.96. The molecular formula is C20H32N4O5. The number of piperidine rings is 1. The SMILES string of the molecule is CC(C)(C)OC(=O)[C@]12[C@@H](C(=O)N[C@@H](C[C@@H]3CCNC3=O)C(N)=O)NC[C@H]1C2(C)C. The predicted octanol–water partition coefficient (Wildman–Crippen LogP) is -0.561. The molecule has 29 heavy (non-hydrogen) atoms. The molecule has 162 valence electrons. The van der Waals surface area contributed by atoms with Gasteiger partial charge in [0.05, 0.1) is 0 Å². The van der Waals surface area contributed by atoms with E-state index in [9.17, 15) is 19.2 Å². The number of esters is 1. The highest BCUT2D eigenvalue weighted by Crippen LogP contribution is 2.73. The van der Waals surface area contributed by atoms with Crippen molar-refractivity contribution in [1.29, 1.82) is 0 Å². The summed E-state index contributed by atoms with van der Waals surface area (Å²) in [5, 5.41) is 8.51. The molecule has 2 saturated heterocycles. The summed E-state index contributed by atoms with van der Waals surface area (Å²) in [5.74, 6) is -2.11. The Balaban J connectivity index is 1.77. The van der Waals surface area contributed by atoms with Crippen LogP contribution in [0.1, 0.15) is 47.5 Å². The van der Waals surface area contributed by atoms with Gasteiger partial charge >= 0.3 is 5.97 Å². The van der Waals surface area contributed by atoms with Gasteiger partial charge in [0.2, 0.25) is 17.7 Å². The van der Waals surface area contributed by atoms with Crippen LogP contribution in [0.4, 0.5) is 0 Å². The predicted molar refractivity (Wildman–Crippen MR) is 104 cm³/mol. The highest BCUT2D eigenvalue weighted by molar-refractivity contribution is 5.97. The Labute approximate surface area is 170 Å². The van der Waals surface area contributed by atoms with Crippen molar-refractivity contribution in [1.82, 2.24) is 16.0 Å². The number of fused-ring (bicyclic) bond motifs is 1. The molecule has 5 atom stereocenters. The van der Waals surface area contributed by atoms with Gasteiger partial charge in [-0.05, 0) is 44.9 Å². The number of nitrogens with one attached hydrogen (secondary N) is 3. The number of hydrogen-bond acceptors (Lipinski definition) is 6. The lowest BCUT2D eigenvalue weighted by Gasteiger charge is -2.31. The minimum atomic E-state index is -0.989. The Hall–Kier alpha value is -2.16. The largest absolute Gasteiger partial charge is 0.459 e. The monoisotopic (exact) mass is 408 g/mol. The second-order valence-electron chi connectivity index (χ2n) is 9.96. The van der Waals surface area contributed by atoms with E-state index >= 15 is 0 Å². The summed E-state index contributed by atoms with van der Waals surface area (Å²) in [7, 11) is 0. The zero-order chi connectivity index (χ0) is 21.8. The van der Waals surface area contributed by atoms with E-state index in [-0.39, 0.29) is 24.2 Å². The van der Waals surface area contributed by atoms with Crippen LogP contribution in [-0.2, 0) is 23.9 Å². The van der Waals surface area contributed by atoms with Crippen molar-refractivity contribution in [2.45, 2.75) is 65.1 Å². The standard InChI is InChI=1S/C20H32N4O5/c1-18(2,3)29-17(28)20-12(19(20,4)5)9-23-13(20)16(27)24-11(14(21)25)8-10-6-7-22-15(10)26/h10-13,23H,6-9H2,1-5H3,(H2,21,25)(H,22,26)(H,24,27)/t10-,11-,12-,13+,20+/m0/s1. The van der Waals surface area contributed by atoms with E-state index in [1.54, 1.807) is 20.8 Å². The molecule has 9 heteroatoms. The topological polar surface area (TPSA) is 140 Å². The maximum atomic E-state index is 13.1. The van der Waals surface area contributed by atoms with Crippen molar-refractivity contribution in [2.24, 2.45) is 28.4 Å². The van der Waals surface area contributed by atoms with E-state index < -0.39 is 46.3 Å². The molecule has 0 spiro atoms. The van der Waals surface area contributed by atoms with Crippen LogP contribution >= 0.6 is 0 Å². The fourth-order valence-corrected chi connectivity index (χ4v) is 5.13. The first-order chi connectivity index (χ1) is 13.3. The lowest BCUT2D eigenvalue weighted by atomic mass is 9.87. The quantitative estimate of drug-likeness (QED) is 0.434. The molecule has 0 radical (unpaired) electrons. The summed E-state index contributed by atoms with van der Waals surface area (Å²) in [4.78, 5) is 50.0. The Bertz CT molecular complexity index is 744. The minimum absolute atomic E-state index is 0.0340. The van der Waals surface area contributed by atoms with Crippen LogP contribution in [0.25, 0.3) is 0 Å². The first-order valence-corrected chi connectivity index (χ1v) is 10.2. The first-order valence-electron chi connectivity index (χ1n) is 10.2. The van der Waals surface area contributed by atoms with Crippen LogP contribution in [0.3, 0.4) is 0 Å². The maximum Gasteiger partial charge on any atom is 0.315 e. The molecule has 3 amide bonds. The summed E-state index contributed by atoms with van der Waals surface area (Å²) in [6.45, 7) is 10.3. The van der Waals surface area contributed by atoms with Gasteiger partial charge in [-0.15, -0.1) is 0 Å². The molecule has 3 aliphatic rings. The van der Waals surface area contributed by atoms with Gasteiger partial charge in [0, 0.05) is 19.0 Å². The van der Waals surface area contributed by atoms with E-state index in [1.807, 2.05) is 13.8 Å². The van der Waals surface area contributed by atoms with Gasteiger partial charge in [-0.25, -0.2) is 0 Å². The summed E-state index contributed by atoms with van der Waals surface area (Å²) in [5.41, 5.74) is 3.41. The van der Waals surface area contributed by atoms with Crippen molar-refractivity contribution in [3.63, 3.8) is 0 Å². The van der Waals surface area contributed by atoms with Crippen molar-refractivity contribution >= 4 is 23.7 Å². The zero-order valence-electron chi connectivity index (χ0n) is 17.8.